The van der Waals surface area contributed by atoms with Crippen LogP contribution in [0.4, 0.5) is 13.2 Å². The van der Waals surface area contributed by atoms with E-state index in [2.05, 4.69) is 15.5 Å². The summed E-state index contributed by atoms with van der Waals surface area (Å²) < 4.78 is 67.1. The van der Waals surface area contributed by atoms with Crippen molar-refractivity contribution in [2.75, 3.05) is 13.1 Å². The van der Waals surface area contributed by atoms with Gasteiger partial charge in [-0.05, 0) is 54.7 Å². The van der Waals surface area contributed by atoms with Crippen LogP contribution < -0.4 is 5.32 Å². The highest BCUT2D eigenvalue weighted by atomic mass is 32.2. The number of H-pyrrole nitrogens is 1. The Hall–Kier alpha value is -3.03. The van der Waals surface area contributed by atoms with Gasteiger partial charge in [0.1, 0.15) is 0 Å². The molecule has 0 bridgehead atoms. The fourth-order valence-corrected chi connectivity index (χ4v) is 5.00. The Morgan fingerprint density at radius 1 is 1.15 bits per heavy atom. The van der Waals surface area contributed by atoms with E-state index < -0.39 is 27.7 Å². The van der Waals surface area contributed by atoms with Crippen molar-refractivity contribution in [3.63, 3.8) is 0 Å². The molecular formula is C21H22F3N5O3S2. The lowest BCUT2D eigenvalue weighted by atomic mass is 10.2. The van der Waals surface area contributed by atoms with E-state index in [4.69, 9.17) is 12.2 Å². The Morgan fingerprint density at radius 3 is 2.38 bits per heavy atom. The molecule has 0 aliphatic rings. The molecule has 0 atom stereocenters. The molecule has 0 saturated heterocycles. The Morgan fingerprint density at radius 2 is 1.79 bits per heavy atom. The molecule has 0 radical (unpaired) electrons. The van der Waals surface area contributed by atoms with E-state index in [-0.39, 0.29) is 33.3 Å². The summed E-state index contributed by atoms with van der Waals surface area (Å²) in [5, 5.41) is 9.13. The van der Waals surface area contributed by atoms with Gasteiger partial charge < -0.3 is 5.32 Å². The first-order valence-corrected chi connectivity index (χ1v) is 12.1. The molecular weight excluding hydrogens is 491 g/mol. The van der Waals surface area contributed by atoms with Gasteiger partial charge in [0.25, 0.3) is 5.91 Å². The Balaban J connectivity index is 1.78. The maximum absolute atomic E-state index is 13.1. The lowest BCUT2D eigenvalue weighted by Crippen LogP contribution is -2.30. The van der Waals surface area contributed by atoms with Gasteiger partial charge in [-0.1, -0.05) is 19.9 Å². The van der Waals surface area contributed by atoms with Gasteiger partial charge in [-0.2, -0.15) is 22.6 Å². The van der Waals surface area contributed by atoms with Crippen LogP contribution in [0.5, 0.6) is 0 Å². The minimum Gasteiger partial charge on any atom is -0.345 e. The van der Waals surface area contributed by atoms with Gasteiger partial charge in [-0.15, -0.1) is 0 Å². The first-order chi connectivity index (χ1) is 16.0. The summed E-state index contributed by atoms with van der Waals surface area (Å²) in [5.74, 6) is -0.324. The van der Waals surface area contributed by atoms with Crippen molar-refractivity contribution in [3.8, 4) is 5.69 Å². The SMILES string of the molecule is CCN(CC)S(=O)(=O)c1ccc(C(=O)NCc2n[nH]c(=S)n2-c2cccc(C(F)(F)F)c2)cc1. The zero-order chi connectivity index (χ0) is 25.1. The van der Waals surface area contributed by atoms with Crippen LogP contribution in [0.1, 0.15) is 35.6 Å². The molecule has 8 nitrogen and oxygen atoms in total. The third kappa shape index (κ3) is 5.37. The number of alkyl halides is 3. The van der Waals surface area contributed by atoms with Crippen molar-refractivity contribution in [2.45, 2.75) is 31.5 Å². The van der Waals surface area contributed by atoms with Crippen molar-refractivity contribution in [2.24, 2.45) is 0 Å². The van der Waals surface area contributed by atoms with Crippen molar-refractivity contribution in [1.29, 1.82) is 0 Å². The van der Waals surface area contributed by atoms with Crippen LogP contribution in [0.15, 0.2) is 53.4 Å². The Bertz CT molecular complexity index is 1330. The van der Waals surface area contributed by atoms with E-state index in [0.717, 1.165) is 12.1 Å². The fourth-order valence-electron chi connectivity index (χ4n) is 3.29. The summed E-state index contributed by atoms with van der Waals surface area (Å²) in [5.41, 5.74) is -0.495. The molecule has 1 amide bonds. The first kappa shape index (κ1) is 25.6. The maximum atomic E-state index is 13.1. The van der Waals surface area contributed by atoms with Crippen molar-refractivity contribution < 1.29 is 26.4 Å². The minimum absolute atomic E-state index is 0.0644. The van der Waals surface area contributed by atoms with Gasteiger partial charge in [-0.25, -0.2) is 8.42 Å². The van der Waals surface area contributed by atoms with E-state index >= 15 is 0 Å². The highest BCUT2D eigenvalue weighted by molar-refractivity contribution is 7.89. The third-order valence-corrected chi connectivity index (χ3v) is 7.38. The number of sulfonamides is 1. The molecule has 0 aliphatic carbocycles. The predicted octanol–water partition coefficient (Wildman–Crippen LogP) is 3.91. The molecule has 2 N–H and O–H groups in total. The quantitative estimate of drug-likeness (QED) is 0.445. The summed E-state index contributed by atoms with van der Waals surface area (Å²) in [6, 6.07) is 10.0. The molecule has 3 rings (SSSR count). The lowest BCUT2D eigenvalue weighted by Gasteiger charge is -2.18. The average molecular weight is 514 g/mol. The average Bonchev–Trinajstić information content (AvgIpc) is 3.18. The third-order valence-electron chi connectivity index (χ3n) is 5.04. The molecule has 1 aromatic heterocycles. The molecule has 0 fully saturated rings. The number of aromatic amines is 1. The number of aromatic nitrogens is 3. The van der Waals surface area contributed by atoms with Crippen molar-refractivity contribution >= 4 is 28.1 Å². The molecule has 1 heterocycles. The van der Waals surface area contributed by atoms with Gasteiger partial charge in [0.2, 0.25) is 10.0 Å². The topological polar surface area (TPSA) is 100 Å². The standard InChI is InChI=1S/C21H22F3N5O3S2/c1-3-28(4-2)34(31,32)17-10-8-14(9-11-17)19(30)25-13-18-26-27-20(33)29(18)16-7-5-6-15(12-16)21(22,23)24/h5-12H,3-4,13H2,1-2H3,(H,25,30)(H,27,33). The number of nitrogens with zero attached hydrogens (tertiary/aromatic N) is 3. The largest absolute Gasteiger partial charge is 0.416 e. The van der Waals surface area contributed by atoms with E-state index in [9.17, 15) is 26.4 Å². The van der Waals surface area contributed by atoms with Gasteiger partial charge >= 0.3 is 6.18 Å². The molecule has 0 aliphatic heterocycles. The maximum Gasteiger partial charge on any atom is 0.416 e. The normalized spacial score (nSPS) is 12.2. The molecule has 0 saturated carbocycles. The van der Waals surface area contributed by atoms with E-state index in [0.29, 0.717) is 13.1 Å². The number of hydrogen-bond donors (Lipinski definition) is 2. The number of carbonyl (C=O) groups is 1. The molecule has 2 aromatic carbocycles. The second kappa shape index (κ2) is 10.1. The number of rotatable bonds is 8. The summed E-state index contributed by atoms with van der Waals surface area (Å²) in [7, 11) is -3.65. The lowest BCUT2D eigenvalue weighted by molar-refractivity contribution is -0.137. The Kier molecular flexibility index (Phi) is 7.58. The van der Waals surface area contributed by atoms with Crippen LogP contribution in [0, 0.1) is 4.77 Å². The van der Waals surface area contributed by atoms with E-state index in [1.165, 1.54) is 45.3 Å². The summed E-state index contributed by atoms with van der Waals surface area (Å²) in [4.78, 5) is 12.6. The number of amides is 1. The van der Waals surface area contributed by atoms with Gasteiger partial charge in [0.05, 0.1) is 22.7 Å². The molecule has 34 heavy (non-hydrogen) atoms. The monoisotopic (exact) mass is 513 g/mol. The zero-order valence-electron chi connectivity index (χ0n) is 18.3. The summed E-state index contributed by atoms with van der Waals surface area (Å²) >= 11 is 5.15. The number of nitrogens with one attached hydrogen (secondary N) is 2. The molecule has 13 heteroatoms. The number of carbonyl (C=O) groups excluding carboxylic acids is 1. The minimum atomic E-state index is -4.53. The molecule has 0 spiro atoms. The number of hydrogen-bond acceptors (Lipinski definition) is 5. The predicted molar refractivity (Wildman–Crippen MR) is 121 cm³/mol. The molecule has 3 aromatic rings. The van der Waals surface area contributed by atoms with E-state index in [1.54, 1.807) is 13.8 Å². The van der Waals surface area contributed by atoms with Crippen molar-refractivity contribution in [1.82, 2.24) is 24.4 Å². The van der Waals surface area contributed by atoms with Gasteiger partial charge in [-0.3, -0.25) is 14.5 Å². The smallest absolute Gasteiger partial charge is 0.345 e. The summed E-state index contributed by atoms with van der Waals surface area (Å²) in [6.07, 6.45) is -4.53. The Labute approximate surface area is 199 Å². The first-order valence-electron chi connectivity index (χ1n) is 10.2. The van der Waals surface area contributed by atoms with Crippen LogP contribution in [-0.2, 0) is 22.7 Å². The van der Waals surface area contributed by atoms with Crippen LogP contribution in [-0.4, -0.2) is 46.5 Å². The van der Waals surface area contributed by atoms with Crippen molar-refractivity contribution in [3.05, 3.63) is 70.3 Å². The second-order valence-electron chi connectivity index (χ2n) is 7.12. The zero-order valence-corrected chi connectivity index (χ0v) is 19.9. The fraction of sp³-hybridized carbons (Fsp3) is 0.286. The van der Waals surface area contributed by atoms with Gasteiger partial charge in [0, 0.05) is 18.7 Å². The number of benzene rings is 2. The van der Waals surface area contributed by atoms with Crippen LogP contribution in [0.2, 0.25) is 0 Å². The second-order valence-corrected chi connectivity index (χ2v) is 9.45. The van der Waals surface area contributed by atoms with Crippen LogP contribution in [0.3, 0.4) is 0 Å². The summed E-state index contributed by atoms with van der Waals surface area (Å²) in [6.45, 7) is 3.97. The number of halogens is 3. The van der Waals surface area contributed by atoms with Gasteiger partial charge in [0.15, 0.2) is 10.6 Å². The molecule has 182 valence electrons. The van der Waals surface area contributed by atoms with Crippen LogP contribution >= 0.6 is 12.2 Å². The highest BCUT2D eigenvalue weighted by Crippen LogP contribution is 2.30. The molecule has 0 unspecified atom stereocenters. The highest BCUT2D eigenvalue weighted by Gasteiger charge is 2.30. The van der Waals surface area contributed by atoms with E-state index in [1.807, 2.05) is 0 Å². The van der Waals surface area contributed by atoms with Crippen LogP contribution in [0.25, 0.3) is 5.69 Å².